The molecular weight excluding hydrogens is 291 g/mol. The van der Waals surface area contributed by atoms with E-state index in [-0.39, 0.29) is 11.5 Å². The van der Waals surface area contributed by atoms with Gasteiger partial charge in [-0.1, -0.05) is 0 Å². The summed E-state index contributed by atoms with van der Waals surface area (Å²) in [5.41, 5.74) is 0.256. The Bertz CT molecular complexity index is 480. The molecular formula is C14H21FN4OS. The molecule has 0 aromatic carbocycles. The van der Waals surface area contributed by atoms with Crippen LogP contribution in [0.25, 0.3) is 0 Å². The number of amides is 1. The molecule has 0 aliphatic carbocycles. The Hall–Kier alpha value is -1.34. The molecule has 2 heterocycles. The van der Waals surface area contributed by atoms with Crippen LogP contribution < -0.4 is 10.6 Å². The zero-order valence-electron chi connectivity index (χ0n) is 12.2. The Labute approximate surface area is 128 Å². The molecule has 2 N–H and O–H groups in total. The lowest BCUT2D eigenvalue weighted by Crippen LogP contribution is -2.39. The van der Waals surface area contributed by atoms with Crippen molar-refractivity contribution in [1.82, 2.24) is 15.2 Å². The average molecular weight is 312 g/mol. The van der Waals surface area contributed by atoms with E-state index in [0.29, 0.717) is 18.9 Å². The number of thioether (sulfide) groups is 1. The monoisotopic (exact) mass is 312 g/mol. The molecule has 0 atom stereocenters. The average Bonchev–Trinajstić information content (AvgIpc) is 2.50. The third-order valence-corrected chi connectivity index (χ3v) is 4.20. The molecule has 1 fully saturated rings. The molecule has 116 valence electrons. The van der Waals surface area contributed by atoms with E-state index in [4.69, 9.17) is 0 Å². The van der Waals surface area contributed by atoms with Crippen molar-refractivity contribution in [2.24, 2.45) is 0 Å². The van der Waals surface area contributed by atoms with Gasteiger partial charge in [0.1, 0.15) is 11.6 Å². The number of pyridine rings is 1. The predicted molar refractivity (Wildman–Crippen MR) is 84.5 cm³/mol. The summed E-state index contributed by atoms with van der Waals surface area (Å²) >= 11 is 1.96. The topological polar surface area (TPSA) is 57.3 Å². The number of halogens is 1. The first-order valence-electron chi connectivity index (χ1n) is 7.18. The first kappa shape index (κ1) is 16.0. The standard InChI is InChI=1S/C14H21FN4OS/c1-2-16-13-12(9-11(15)10-18-13)14(20)17-3-4-19-5-7-21-8-6-19/h9-10H,2-8H2,1H3,(H,16,18)(H,17,20). The molecule has 1 amide bonds. The van der Waals surface area contributed by atoms with Gasteiger partial charge in [-0.25, -0.2) is 9.37 Å². The smallest absolute Gasteiger partial charge is 0.255 e. The van der Waals surface area contributed by atoms with Gasteiger partial charge in [0, 0.05) is 44.2 Å². The van der Waals surface area contributed by atoms with E-state index in [1.165, 1.54) is 6.07 Å². The minimum absolute atomic E-state index is 0.256. The second-order valence-corrected chi connectivity index (χ2v) is 6.01. The van der Waals surface area contributed by atoms with Crippen LogP contribution in [0.1, 0.15) is 17.3 Å². The fourth-order valence-corrected chi connectivity index (χ4v) is 3.15. The fraction of sp³-hybridized carbons (Fsp3) is 0.571. The summed E-state index contributed by atoms with van der Waals surface area (Å²) in [5, 5.41) is 5.81. The zero-order valence-corrected chi connectivity index (χ0v) is 13.0. The van der Waals surface area contributed by atoms with Crippen molar-refractivity contribution in [1.29, 1.82) is 0 Å². The van der Waals surface area contributed by atoms with Crippen LogP contribution in [0.2, 0.25) is 0 Å². The largest absolute Gasteiger partial charge is 0.370 e. The maximum Gasteiger partial charge on any atom is 0.255 e. The second-order valence-electron chi connectivity index (χ2n) is 4.79. The van der Waals surface area contributed by atoms with Gasteiger partial charge in [-0.2, -0.15) is 11.8 Å². The molecule has 2 rings (SSSR count). The summed E-state index contributed by atoms with van der Waals surface area (Å²) in [6, 6.07) is 1.22. The lowest BCUT2D eigenvalue weighted by Gasteiger charge is -2.26. The number of aromatic nitrogens is 1. The SMILES string of the molecule is CCNc1ncc(F)cc1C(=O)NCCN1CCSCC1. The minimum Gasteiger partial charge on any atom is -0.370 e. The lowest BCUT2D eigenvalue weighted by atomic mass is 10.2. The molecule has 1 saturated heterocycles. The maximum absolute atomic E-state index is 13.3. The number of nitrogens with zero attached hydrogens (tertiary/aromatic N) is 2. The summed E-state index contributed by atoms with van der Waals surface area (Å²) < 4.78 is 13.3. The molecule has 0 bridgehead atoms. The van der Waals surface area contributed by atoms with Gasteiger partial charge < -0.3 is 10.6 Å². The van der Waals surface area contributed by atoms with Gasteiger partial charge in [0.25, 0.3) is 5.91 Å². The first-order valence-corrected chi connectivity index (χ1v) is 8.34. The van der Waals surface area contributed by atoms with E-state index in [2.05, 4.69) is 20.5 Å². The number of nitrogens with one attached hydrogen (secondary N) is 2. The van der Waals surface area contributed by atoms with Crippen molar-refractivity contribution in [3.63, 3.8) is 0 Å². The Kier molecular flexibility index (Phi) is 6.25. The van der Waals surface area contributed by atoms with Crippen LogP contribution in [-0.4, -0.2) is 60.0 Å². The molecule has 1 aliphatic rings. The van der Waals surface area contributed by atoms with E-state index < -0.39 is 5.82 Å². The van der Waals surface area contributed by atoms with Crippen LogP contribution in [0.4, 0.5) is 10.2 Å². The van der Waals surface area contributed by atoms with Crippen molar-refractivity contribution >= 4 is 23.5 Å². The normalized spacial score (nSPS) is 15.7. The Balaban J connectivity index is 1.88. The predicted octanol–water partition coefficient (Wildman–Crippen LogP) is 1.43. The van der Waals surface area contributed by atoms with E-state index in [9.17, 15) is 9.18 Å². The highest BCUT2D eigenvalue weighted by Crippen LogP contribution is 2.13. The van der Waals surface area contributed by atoms with Crippen molar-refractivity contribution in [3.05, 3.63) is 23.6 Å². The molecule has 5 nitrogen and oxygen atoms in total. The van der Waals surface area contributed by atoms with E-state index >= 15 is 0 Å². The summed E-state index contributed by atoms with van der Waals surface area (Å²) in [5.74, 6) is 1.92. The number of carbonyl (C=O) groups is 1. The fourth-order valence-electron chi connectivity index (χ4n) is 2.17. The van der Waals surface area contributed by atoms with Crippen LogP contribution in [-0.2, 0) is 0 Å². The van der Waals surface area contributed by atoms with E-state index in [1.54, 1.807) is 0 Å². The van der Waals surface area contributed by atoms with Crippen LogP contribution in [0, 0.1) is 5.82 Å². The number of hydrogen-bond acceptors (Lipinski definition) is 5. The number of rotatable bonds is 6. The van der Waals surface area contributed by atoms with Gasteiger partial charge in [-0.15, -0.1) is 0 Å². The van der Waals surface area contributed by atoms with Crippen LogP contribution >= 0.6 is 11.8 Å². The third-order valence-electron chi connectivity index (χ3n) is 3.26. The zero-order chi connectivity index (χ0) is 15.1. The summed E-state index contributed by atoms with van der Waals surface area (Å²) in [4.78, 5) is 18.4. The molecule has 1 aromatic heterocycles. The number of anilines is 1. The van der Waals surface area contributed by atoms with Gasteiger partial charge in [0.2, 0.25) is 0 Å². The van der Waals surface area contributed by atoms with E-state index in [1.807, 2.05) is 18.7 Å². The highest BCUT2D eigenvalue weighted by Gasteiger charge is 2.14. The molecule has 21 heavy (non-hydrogen) atoms. The summed E-state index contributed by atoms with van der Waals surface area (Å²) in [7, 11) is 0. The van der Waals surface area contributed by atoms with Crippen molar-refractivity contribution < 1.29 is 9.18 Å². The van der Waals surface area contributed by atoms with Gasteiger partial charge in [-0.05, 0) is 13.0 Å². The van der Waals surface area contributed by atoms with Crippen LogP contribution in [0.5, 0.6) is 0 Å². The highest BCUT2D eigenvalue weighted by atomic mass is 32.2. The number of hydrogen-bond donors (Lipinski definition) is 2. The lowest BCUT2D eigenvalue weighted by molar-refractivity contribution is 0.0949. The minimum atomic E-state index is -0.505. The summed E-state index contributed by atoms with van der Waals surface area (Å²) in [6.45, 7) is 6.04. The Morgan fingerprint density at radius 1 is 1.48 bits per heavy atom. The van der Waals surface area contributed by atoms with Crippen molar-refractivity contribution in [3.8, 4) is 0 Å². The molecule has 0 unspecified atom stereocenters. The first-order chi connectivity index (χ1) is 10.2. The summed E-state index contributed by atoms with van der Waals surface area (Å²) in [6.07, 6.45) is 1.11. The van der Waals surface area contributed by atoms with Gasteiger partial charge >= 0.3 is 0 Å². The molecule has 0 radical (unpaired) electrons. The van der Waals surface area contributed by atoms with Crippen molar-refractivity contribution in [2.45, 2.75) is 6.92 Å². The molecule has 1 aliphatic heterocycles. The van der Waals surface area contributed by atoms with Crippen LogP contribution in [0.15, 0.2) is 12.3 Å². The Morgan fingerprint density at radius 2 is 2.24 bits per heavy atom. The third kappa shape index (κ3) is 4.86. The van der Waals surface area contributed by atoms with E-state index in [0.717, 1.165) is 37.3 Å². The Morgan fingerprint density at radius 3 is 2.95 bits per heavy atom. The molecule has 0 spiro atoms. The maximum atomic E-state index is 13.3. The van der Waals surface area contributed by atoms with Crippen molar-refractivity contribution in [2.75, 3.05) is 49.5 Å². The molecule has 0 saturated carbocycles. The second kappa shape index (κ2) is 8.19. The molecule has 1 aromatic rings. The molecule has 7 heteroatoms. The van der Waals surface area contributed by atoms with Gasteiger partial charge in [0.15, 0.2) is 0 Å². The van der Waals surface area contributed by atoms with Crippen LogP contribution in [0.3, 0.4) is 0 Å². The van der Waals surface area contributed by atoms with Gasteiger partial charge in [-0.3, -0.25) is 9.69 Å². The number of carbonyl (C=O) groups excluding carboxylic acids is 1. The van der Waals surface area contributed by atoms with Gasteiger partial charge in [0.05, 0.1) is 11.8 Å². The quantitative estimate of drug-likeness (QED) is 0.832. The highest BCUT2D eigenvalue weighted by molar-refractivity contribution is 7.99.